The minimum atomic E-state index is 0.232. The standard InChI is InChI=1S/C14H15ClN2OS/c1-9(14-16-3-5-19-14)17-8-11-7-12(15)6-10-2-4-18-13(10)11/h3,5-7,9,17H,2,4,8H2,1H3. The van der Waals surface area contributed by atoms with Crippen LogP contribution in [0.4, 0.5) is 0 Å². The Morgan fingerprint density at radius 1 is 1.53 bits per heavy atom. The first-order valence-electron chi connectivity index (χ1n) is 6.31. The Morgan fingerprint density at radius 3 is 3.21 bits per heavy atom. The molecule has 3 rings (SSSR count). The van der Waals surface area contributed by atoms with Gasteiger partial charge in [0, 0.05) is 35.1 Å². The van der Waals surface area contributed by atoms with Crippen molar-refractivity contribution in [1.82, 2.24) is 10.3 Å². The van der Waals surface area contributed by atoms with Gasteiger partial charge in [-0.25, -0.2) is 4.98 Å². The average molecular weight is 295 g/mol. The van der Waals surface area contributed by atoms with E-state index in [4.69, 9.17) is 16.3 Å². The normalized spacial score (nSPS) is 15.1. The van der Waals surface area contributed by atoms with Gasteiger partial charge in [0.2, 0.25) is 0 Å². The highest BCUT2D eigenvalue weighted by atomic mass is 35.5. The van der Waals surface area contributed by atoms with Crippen molar-refractivity contribution in [3.05, 3.63) is 44.9 Å². The van der Waals surface area contributed by atoms with E-state index in [2.05, 4.69) is 17.2 Å². The summed E-state index contributed by atoms with van der Waals surface area (Å²) in [5, 5.41) is 7.34. The lowest BCUT2D eigenvalue weighted by Crippen LogP contribution is -2.18. The second-order valence-electron chi connectivity index (χ2n) is 4.62. The Bertz CT molecular complexity index is 571. The summed E-state index contributed by atoms with van der Waals surface area (Å²) in [6, 6.07) is 4.21. The van der Waals surface area contributed by atoms with Crippen LogP contribution in [0, 0.1) is 0 Å². The molecule has 5 heteroatoms. The highest BCUT2D eigenvalue weighted by molar-refractivity contribution is 7.09. The molecule has 0 bridgehead atoms. The zero-order valence-electron chi connectivity index (χ0n) is 10.6. The van der Waals surface area contributed by atoms with Gasteiger partial charge in [-0.15, -0.1) is 11.3 Å². The van der Waals surface area contributed by atoms with Gasteiger partial charge in [0.05, 0.1) is 12.6 Å². The number of hydrogen-bond acceptors (Lipinski definition) is 4. The molecule has 0 fully saturated rings. The van der Waals surface area contributed by atoms with Crippen LogP contribution in [0.25, 0.3) is 0 Å². The van der Waals surface area contributed by atoms with Crippen molar-refractivity contribution < 1.29 is 4.74 Å². The molecule has 0 amide bonds. The van der Waals surface area contributed by atoms with Gasteiger partial charge < -0.3 is 10.1 Å². The number of aromatic nitrogens is 1. The largest absolute Gasteiger partial charge is 0.493 e. The third-order valence-corrected chi connectivity index (χ3v) is 4.42. The van der Waals surface area contributed by atoms with Crippen LogP contribution in [0.1, 0.15) is 29.1 Å². The zero-order valence-corrected chi connectivity index (χ0v) is 12.2. The zero-order chi connectivity index (χ0) is 13.2. The summed E-state index contributed by atoms with van der Waals surface area (Å²) < 4.78 is 5.70. The van der Waals surface area contributed by atoms with E-state index in [9.17, 15) is 0 Å². The quantitative estimate of drug-likeness (QED) is 0.936. The maximum Gasteiger partial charge on any atom is 0.127 e. The van der Waals surface area contributed by atoms with Gasteiger partial charge in [-0.1, -0.05) is 11.6 Å². The molecule has 19 heavy (non-hydrogen) atoms. The third-order valence-electron chi connectivity index (χ3n) is 3.25. The van der Waals surface area contributed by atoms with Crippen LogP contribution in [0.5, 0.6) is 5.75 Å². The van der Waals surface area contributed by atoms with Crippen LogP contribution >= 0.6 is 22.9 Å². The van der Waals surface area contributed by atoms with Crippen LogP contribution in [0.15, 0.2) is 23.7 Å². The number of rotatable bonds is 4. The molecular weight excluding hydrogens is 280 g/mol. The molecule has 0 saturated heterocycles. The van der Waals surface area contributed by atoms with E-state index >= 15 is 0 Å². The Balaban J connectivity index is 1.74. The fraction of sp³-hybridized carbons (Fsp3) is 0.357. The van der Waals surface area contributed by atoms with Crippen LogP contribution < -0.4 is 10.1 Å². The third kappa shape index (κ3) is 2.76. The molecule has 1 aromatic heterocycles. The van der Waals surface area contributed by atoms with E-state index < -0.39 is 0 Å². The number of fused-ring (bicyclic) bond motifs is 1. The Labute approximate surface area is 121 Å². The first kappa shape index (κ1) is 12.9. The molecule has 1 aliphatic heterocycles. The van der Waals surface area contributed by atoms with Gasteiger partial charge in [-0.3, -0.25) is 0 Å². The molecule has 2 aromatic rings. The van der Waals surface area contributed by atoms with E-state index in [-0.39, 0.29) is 6.04 Å². The number of nitrogens with zero attached hydrogens (tertiary/aromatic N) is 1. The molecule has 0 saturated carbocycles. The van der Waals surface area contributed by atoms with Crippen LogP contribution in [0.3, 0.4) is 0 Å². The molecule has 0 aliphatic carbocycles. The van der Waals surface area contributed by atoms with Gasteiger partial charge in [0.25, 0.3) is 0 Å². The predicted molar refractivity (Wildman–Crippen MR) is 78.0 cm³/mol. The van der Waals surface area contributed by atoms with Crippen LogP contribution in [-0.4, -0.2) is 11.6 Å². The van der Waals surface area contributed by atoms with Crippen molar-refractivity contribution in [1.29, 1.82) is 0 Å². The minimum Gasteiger partial charge on any atom is -0.493 e. The topological polar surface area (TPSA) is 34.1 Å². The van der Waals surface area contributed by atoms with E-state index in [1.165, 1.54) is 5.56 Å². The van der Waals surface area contributed by atoms with Gasteiger partial charge in [-0.05, 0) is 24.6 Å². The molecule has 1 aromatic carbocycles. The Hall–Kier alpha value is -1.10. The van der Waals surface area contributed by atoms with Crippen molar-refractivity contribution in [2.75, 3.05) is 6.61 Å². The molecule has 1 aliphatic rings. The second kappa shape index (κ2) is 5.49. The molecule has 1 atom stereocenters. The number of halogens is 1. The lowest BCUT2D eigenvalue weighted by Gasteiger charge is -2.13. The van der Waals surface area contributed by atoms with E-state index in [1.807, 2.05) is 23.7 Å². The van der Waals surface area contributed by atoms with Gasteiger partial charge in [-0.2, -0.15) is 0 Å². The summed E-state index contributed by atoms with van der Waals surface area (Å²) in [7, 11) is 0. The van der Waals surface area contributed by atoms with Gasteiger partial charge >= 0.3 is 0 Å². The maximum absolute atomic E-state index is 6.15. The summed E-state index contributed by atoms with van der Waals surface area (Å²) in [4.78, 5) is 4.32. The number of benzene rings is 1. The van der Waals surface area contributed by atoms with E-state index in [1.54, 1.807) is 11.3 Å². The summed E-state index contributed by atoms with van der Waals surface area (Å²) >= 11 is 7.81. The number of thiazole rings is 1. The molecular formula is C14H15ClN2OS. The number of nitrogens with one attached hydrogen (secondary N) is 1. The Kier molecular flexibility index (Phi) is 3.73. The van der Waals surface area contributed by atoms with Crippen molar-refractivity contribution in [2.45, 2.75) is 25.9 Å². The smallest absolute Gasteiger partial charge is 0.127 e. The van der Waals surface area contributed by atoms with E-state index in [0.29, 0.717) is 0 Å². The second-order valence-corrected chi connectivity index (χ2v) is 5.99. The van der Waals surface area contributed by atoms with Crippen LogP contribution in [-0.2, 0) is 13.0 Å². The fourth-order valence-electron chi connectivity index (χ4n) is 2.28. The summed E-state index contributed by atoms with van der Waals surface area (Å²) in [6.45, 7) is 3.61. The minimum absolute atomic E-state index is 0.232. The summed E-state index contributed by atoms with van der Waals surface area (Å²) in [5.41, 5.74) is 2.34. The summed E-state index contributed by atoms with van der Waals surface area (Å²) in [6.07, 6.45) is 2.78. The average Bonchev–Trinajstić information content (AvgIpc) is 3.05. The Morgan fingerprint density at radius 2 is 2.42 bits per heavy atom. The lowest BCUT2D eigenvalue weighted by atomic mass is 10.1. The van der Waals surface area contributed by atoms with Gasteiger partial charge in [0.15, 0.2) is 0 Å². The lowest BCUT2D eigenvalue weighted by molar-refractivity contribution is 0.351. The summed E-state index contributed by atoms with van der Waals surface area (Å²) in [5.74, 6) is 1.00. The molecule has 3 nitrogen and oxygen atoms in total. The SMILES string of the molecule is CC(NCc1cc(Cl)cc2c1OCC2)c1nccs1. The highest BCUT2D eigenvalue weighted by Crippen LogP contribution is 2.33. The molecule has 2 heterocycles. The molecule has 1 unspecified atom stereocenters. The van der Waals surface area contributed by atoms with Crippen molar-refractivity contribution >= 4 is 22.9 Å². The highest BCUT2D eigenvalue weighted by Gasteiger charge is 2.18. The first-order chi connectivity index (χ1) is 9.24. The fourth-order valence-corrected chi connectivity index (χ4v) is 3.21. The maximum atomic E-state index is 6.15. The first-order valence-corrected chi connectivity index (χ1v) is 7.56. The van der Waals surface area contributed by atoms with Crippen molar-refractivity contribution in [3.8, 4) is 5.75 Å². The van der Waals surface area contributed by atoms with Crippen LogP contribution in [0.2, 0.25) is 5.02 Å². The molecule has 0 radical (unpaired) electrons. The molecule has 0 spiro atoms. The molecule has 100 valence electrons. The number of ether oxygens (including phenoxy) is 1. The van der Waals surface area contributed by atoms with Crippen molar-refractivity contribution in [2.24, 2.45) is 0 Å². The number of hydrogen-bond donors (Lipinski definition) is 1. The van der Waals surface area contributed by atoms with Gasteiger partial charge in [0.1, 0.15) is 10.8 Å². The molecule has 1 N–H and O–H groups in total. The predicted octanol–water partition coefficient (Wildman–Crippen LogP) is 3.58. The van der Waals surface area contributed by atoms with E-state index in [0.717, 1.165) is 40.9 Å². The monoisotopic (exact) mass is 294 g/mol. The van der Waals surface area contributed by atoms with Crippen molar-refractivity contribution in [3.63, 3.8) is 0 Å².